The maximum Gasteiger partial charge on any atom is 0.253 e. The molecule has 1 fully saturated rings. The van der Waals surface area contributed by atoms with Crippen molar-refractivity contribution < 1.29 is 18.7 Å². The first-order valence-corrected chi connectivity index (χ1v) is 9.02. The number of nitrogens with one attached hydrogen (secondary N) is 1. The van der Waals surface area contributed by atoms with Crippen LogP contribution in [-0.2, 0) is 11.3 Å². The molecule has 0 spiro atoms. The number of hydrogen-bond acceptors (Lipinski definition) is 3. The first kappa shape index (κ1) is 18.9. The highest BCUT2D eigenvalue weighted by Gasteiger charge is 2.27. The molecule has 2 amide bonds. The fourth-order valence-corrected chi connectivity index (χ4v) is 3.23. The van der Waals surface area contributed by atoms with Gasteiger partial charge in [-0.1, -0.05) is 18.2 Å². The molecule has 1 aliphatic rings. The van der Waals surface area contributed by atoms with Crippen LogP contribution in [0.5, 0.6) is 5.75 Å². The highest BCUT2D eigenvalue weighted by atomic mass is 19.1. The molecule has 5 nitrogen and oxygen atoms in total. The van der Waals surface area contributed by atoms with Crippen molar-refractivity contribution in [2.45, 2.75) is 19.4 Å². The van der Waals surface area contributed by atoms with Crippen LogP contribution in [0.4, 0.5) is 4.39 Å². The Labute approximate surface area is 158 Å². The Morgan fingerprint density at radius 3 is 2.48 bits per heavy atom. The van der Waals surface area contributed by atoms with Crippen molar-refractivity contribution in [3.63, 3.8) is 0 Å². The summed E-state index contributed by atoms with van der Waals surface area (Å²) in [7, 11) is 1.61. The Hall–Kier alpha value is -2.89. The molecule has 0 aliphatic carbocycles. The first-order chi connectivity index (χ1) is 13.1. The van der Waals surface area contributed by atoms with Crippen molar-refractivity contribution in [1.29, 1.82) is 0 Å². The van der Waals surface area contributed by atoms with E-state index in [9.17, 15) is 14.0 Å². The number of carbonyl (C=O) groups is 2. The molecular weight excluding hydrogens is 347 g/mol. The van der Waals surface area contributed by atoms with Gasteiger partial charge in [0.05, 0.1) is 7.11 Å². The van der Waals surface area contributed by atoms with Crippen LogP contribution in [0.3, 0.4) is 0 Å². The largest absolute Gasteiger partial charge is 0.497 e. The molecule has 0 atom stereocenters. The van der Waals surface area contributed by atoms with Crippen molar-refractivity contribution in [2.75, 3.05) is 20.2 Å². The summed E-state index contributed by atoms with van der Waals surface area (Å²) in [6, 6.07) is 13.3. The van der Waals surface area contributed by atoms with E-state index in [0.717, 1.165) is 11.3 Å². The Morgan fingerprint density at radius 1 is 1.15 bits per heavy atom. The summed E-state index contributed by atoms with van der Waals surface area (Å²) in [6.07, 6.45) is 1.21. The van der Waals surface area contributed by atoms with Gasteiger partial charge in [0.25, 0.3) is 5.91 Å². The van der Waals surface area contributed by atoms with Gasteiger partial charge in [0.15, 0.2) is 0 Å². The number of piperidine rings is 1. The van der Waals surface area contributed by atoms with E-state index in [1.165, 1.54) is 18.2 Å². The second-order valence-corrected chi connectivity index (χ2v) is 6.64. The quantitative estimate of drug-likeness (QED) is 0.880. The minimum Gasteiger partial charge on any atom is -0.497 e. The van der Waals surface area contributed by atoms with Crippen molar-refractivity contribution in [3.8, 4) is 5.75 Å². The second kappa shape index (κ2) is 8.66. The van der Waals surface area contributed by atoms with Gasteiger partial charge in [-0.25, -0.2) is 4.39 Å². The zero-order valence-corrected chi connectivity index (χ0v) is 15.3. The van der Waals surface area contributed by atoms with Gasteiger partial charge in [-0.15, -0.1) is 0 Å². The summed E-state index contributed by atoms with van der Waals surface area (Å²) < 4.78 is 18.4. The topological polar surface area (TPSA) is 58.6 Å². The van der Waals surface area contributed by atoms with Crippen molar-refractivity contribution >= 4 is 11.8 Å². The number of likely N-dealkylation sites (tertiary alicyclic amines) is 1. The maximum absolute atomic E-state index is 13.3. The number of rotatable bonds is 5. The van der Waals surface area contributed by atoms with Gasteiger partial charge >= 0.3 is 0 Å². The van der Waals surface area contributed by atoms with Crippen molar-refractivity contribution in [3.05, 3.63) is 65.5 Å². The zero-order chi connectivity index (χ0) is 19.2. The highest BCUT2D eigenvalue weighted by molar-refractivity contribution is 5.94. The minimum absolute atomic E-state index is 0.00340. The van der Waals surface area contributed by atoms with E-state index >= 15 is 0 Å². The molecule has 2 aromatic carbocycles. The predicted octanol–water partition coefficient (Wildman–Crippen LogP) is 3.00. The summed E-state index contributed by atoms with van der Waals surface area (Å²) in [5.41, 5.74) is 1.35. The Kier molecular flexibility index (Phi) is 6.06. The van der Waals surface area contributed by atoms with E-state index < -0.39 is 5.82 Å². The van der Waals surface area contributed by atoms with Gasteiger partial charge in [-0.05, 0) is 48.7 Å². The first-order valence-electron chi connectivity index (χ1n) is 9.02. The van der Waals surface area contributed by atoms with Crippen LogP contribution < -0.4 is 10.1 Å². The molecule has 0 unspecified atom stereocenters. The molecule has 27 heavy (non-hydrogen) atoms. The fourth-order valence-electron chi connectivity index (χ4n) is 3.23. The average Bonchev–Trinajstić information content (AvgIpc) is 2.72. The van der Waals surface area contributed by atoms with Gasteiger partial charge in [-0.3, -0.25) is 9.59 Å². The number of methoxy groups -OCH3 is 1. The third-order valence-electron chi connectivity index (χ3n) is 4.85. The monoisotopic (exact) mass is 370 g/mol. The van der Waals surface area contributed by atoms with Crippen LogP contribution in [0.1, 0.15) is 28.8 Å². The van der Waals surface area contributed by atoms with Crippen molar-refractivity contribution in [2.24, 2.45) is 5.92 Å². The van der Waals surface area contributed by atoms with Gasteiger partial charge in [0.2, 0.25) is 5.91 Å². The Morgan fingerprint density at radius 2 is 1.85 bits per heavy atom. The van der Waals surface area contributed by atoms with E-state index in [4.69, 9.17) is 4.74 Å². The Balaban J connectivity index is 1.48. The van der Waals surface area contributed by atoms with Gasteiger partial charge in [0, 0.05) is 31.1 Å². The SMILES string of the molecule is COc1ccc(CNC(=O)C2CCN(C(=O)c3cccc(F)c3)CC2)cc1. The number of benzene rings is 2. The molecule has 1 saturated heterocycles. The summed E-state index contributed by atoms with van der Waals surface area (Å²) in [5.74, 6) is 0.0594. The lowest BCUT2D eigenvalue weighted by Gasteiger charge is -2.31. The molecule has 3 rings (SSSR count). The molecule has 0 bridgehead atoms. The number of amides is 2. The number of halogens is 1. The molecule has 2 aromatic rings. The van der Waals surface area contributed by atoms with E-state index in [-0.39, 0.29) is 17.7 Å². The van der Waals surface area contributed by atoms with Gasteiger partial charge in [0.1, 0.15) is 11.6 Å². The third-order valence-corrected chi connectivity index (χ3v) is 4.85. The second-order valence-electron chi connectivity index (χ2n) is 6.64. The van der Waals surface area contributed by atoms with Crippen LogP contribution in [0.15, 0.2) is 48.5 Å². The van der Waals surface area contributed by atoms with Crippen LogP contribution in [0.25, 0.3) is 0 Å². The average molecular weight is 370 g/mol. The molecule has 1 heterocycles. The lowest BCUT2D eigenvalue weighted by molar-refractivity contribution is -0.126. The molecule has 1 aliphatic heterocycles. The molecule has 0 radical (unpaired) electrons. The number of hydrogen-bond donors (Lipinski definition) is 1. The molecule has 0 aromatic heterocycles. The third kappa shape index (κ3) is 4.84. The summed E-state index contributed by atoms with van der Waals surface area (Å²) >= 11 is 0. The summed E-state index contributed by atoms with van der Waals surface area (Å²) in [5, 5.41) is 2.96. The lowest BCUT2D eigenvalue weighted by atomic mass is 9.95. The summed E-state index contributed by atoms with van der Waals surface area (Å²) in [6.45, 7) is 1.46. The standard InChI is InChI=1S/C21H23FN2O3/c1-27-19-7-5-15(6-8-19)14-23-20(25)16-9-11-24(12-10-16)21(26)17-3-2-4-18(22)13-17/h2-8,13,16H,9-12,14H2,1H3,(H,23,25). The van der Waals surface area contributed by atoms with E-state index in [2.05, 4.69) is 5.32 Å². The maximum atomic E-state index is 13.3. The molecule has 0 saturated carbocycles. The summed E-state index contributed by atoms with van der Waals surface area (Å²) in [4.78, 5) is 26.5. The normalized spacial score (nSPS) is 14.7. The van der Waals surface area contributed by atoms with Crippen LogP contribution in [0, 0.1) is 11.7 Å². The van der Waals surface area contributed by atoms with E-state index in [1.54, 1.807) is 18.1 Å². The molecule has 142 valence electrons. The van der Waals surface area contributed by atoms with E-state index in [1.807, 2.05) is 24.3 Å². The number of ether oxygens (including phenoxy) is 1. The highest BCUT2D eigenvalue weighted by Crippen LogP contribution is 2.20. The smallest absolute Gasteiger partial charge is 0.253 e. The number of carbonyl (C=O) groups excluding carboxylic acids is 2. The van der Waals surface area contributed by atoms with Crippen molar-refractivity contribution in [1.82, 2.24) is 10.2 Å². The van der Waals surface area contributed by atoms with Crippen LogP contribution >= 0.6 is 0 Å². The zero-order valence-electron chi connectivity index (χ0n) is 15.3. The van der Waals surface area contributed by atoms with Gasteiger partial charge in [-0.2, -0.15) is 0 Å². The predicted molar refractivity (Wildman–Crippen MR) is 99.9 cm³/mol. The Bertz CT molecular complexity index is 799. The van der Waals surface area contributed by atoms with Crippen LogP contribution in [0.2, 0.25) is 0 Å². The molecular formula is C21H23FN2O3. The fraction of sp³-hybridized carbons (Fsp3) is 0.333. The van der Waals surface area contributed by atoms with Crippen LogP contribution in [-0.4, -0.2) is 36.9 Å². The molecule has 1 N–H and O–H groups in total. The minimum atomic E-state index is -0.423. The molecule has 6 heteroatoms. The van der Waals surface area contributed by atoms with E-state index in [0.29, 0.717) is 38.0 Å². The lowest BCUT2D eigenvalue weighted by Crippen LogP contribution is -2.42. The van der Waals surface area contributed by atoms with Gasteiger partial charge < -0.3 is 15.0 Å². The number of nitrogens with zero attached hydrogens (tertiary/aromatic N) is 1.